The topological polar surface area (TPSA) is 77.2 Å². The van der Waals surface area contributed by atoms with Gasteiger partial charge in [0.15, 0.2) is 0 Å². The van der Waals surface area contributed by atoms with Crippen LogP contribution in [0.5, 0.6) is 5.75 Å². The lowest BCUT2D eigenvalue weighted by Gasteiger charge is -2.06. The van der Waals surface area contributed by atoms with Crippen molar-refractivity contribution in [2.45, 2.75) is 13.2 Å². The van der Waals surface area contributed by atoms with Gasteiger partial charge in [0.25, 0.3) is 0 Å². The van der Waals surface area contributed by atoms with Gasteiger partial charge in [-0.3, -0.25) is 4.68 Å². The number of hydrogen-bond acceptors (Lipinski definition) is 6. The van der Waals surface area contributed by atoms with E-state index >= 15 is 0 Å². The van der Waals surface area contributed by atoms with Gasteiger partial charge in [-0.1, -0.05) is 48.5 Å². The Morgan fingerprint density at radius 1 is 1.00 bits per heavy atom. The van der Waals surface area contributed by atoms with Gasteiger partial charge in [0, 0.05) is 17.1 Å². The third-order valence-electron chi connectivity index (χ3n) is 4.97. The van der Waals surface area contributed by atoms with Crippen molar-refractivity contribution in [2.24, 2.45) is 0 Å². The Morgan fingerprint density at radius 3 is 2.55 bits per heavy atom. The first-order valence-electron chi connectivity index (χ1n) is 10.2. The number of thiophene rings is 1. The van der Waals surface area contributed by atoms with Crippen LogP contribution in [-0.2, 0) is 13.2 Å². The molecule has 0 aliphatic heterocycles. The van der Waals surface area contributed by atoms with Crippen LogP contribution in [-0.4, -0.2) is 25.8 Å². The fourth-order valence-corrected chi connectivity index (χ4v) is 4.91. The minimum absolute atomic E-state index is 0.204. The highest BCUT2D eigenvalue weighted by Crippen LogP contribution is 2.27. The molecule has 2 aromatic carbocycles. The molecule has 33 heavy (non-hydrogen) atoms. The van der Waals surface area contributed by atoms with Crippen molar-refractivity contribution < 1.29 is 14.6 Å². The molecule has 3 heterocycles. The molecule has 6 nitrogen and oxygen atoms in total. The molecule has 3 aromatic heterocycles. The summed E-state index contributed by atoms with van der Waals surface area (Å²) in [6.45, 7) is 0.867. The summed E-state index contributed by atoms with van der Waals surface area (Å²) < 4.78 is 7.56. The Kier molecular flexibility index (Phi) is 6.01. The van der Waals surface area contributed by atoms with Crippen molar-refractivity contribution in [2.75, 3.05) is 0 Å². The van der Waals surface area contributed by atoms with Gasteiger partial charge >= 0.3 is 5.97 Å². The molecule has 5 rings (SSSR count). The lowest BCUT2D eigenvalue weighted by atomic mass is 10.2. The number of benzene rings is 2. The van der Waals surface area contributed by atoms with Gasteiger partial charge in [-0.05, 0) is 29.1 Å². The molecule has 0 saturated heterocycles. The fraction of sp³-hybridized carbons (Fsp3) is 0.0800. The van der Waals surface area contributed by atoms with Gasteiger partial charge in [-0.25, -0.2) is 9.78 Å². The van der Waals surface area contributed by atoms with E-state index in [0.717, 1.165) is 32.5 Å². The SMILES string of the molecule is O=C(O)c1cn(Cc2ccc(OCc3csc(-c4ccccc4)n3)cc2)nc1-c1cccs1. The lowest BCUT2D eigenvalue weighted by molar-refractivity contribution is 0.0697. The number of nitrogens with zero attached hydrogens (tertiary/aromatic N) is 3. The fourth-order valence-electron chi connectivity index (χ4n) is 3.38. The zero-order valence-corrected chi connectivity index (χ0v) is 19.1. The molecule has 0 fully saturated rings. The molecule has 5 aromatic rings. The number of carbonyl (C=O) groups is 1. The summed E-state index contributed by atoms with van der Waals surface area (Å²) >= 11 is 3.08. The van der Waals surface area contributed by atoms with E-state index in [0.29, 0.717) is 18.8 Å². The summed E-state index contributed by atoms with van der Waals surface area (Å²) in [4.78, 5) is 17.1. The Balaban J connectivity index is 1.23. The first-order valence-corrected chi connectivity index (χ1v) is 12.0. The Labute approximate surface area is 198 Å². The highest BCUT2D eigenvalue weighted by Gasteiger charge is 2.18. The van der Waals surface area contributed by atoms with Crippen molar-refractivity contribution in [1.29, 1.82) is 0 Å². The third kappa shape index (κ3) is 4.87. The van der Waals surface area contributed by atoms with Gasteiger partial charge in [0.05, 0.1) is 17.1 Å². The lowest BCUT2D eigenvalue weighted by Crippen LogP contribution is -2.01. The third-order valence-corrected chi connectivity index (χ3v) is 6.79. The van der Waals surface area contributed by atoms with E-state index in [1.54, 1.807) is 22.2 Å². The first-order chi connectivity index (χ1) is 16.2. The maximum atomic E-state index is 11.6. The number of carboxylic acids is 1. The molecule has 164 valence electrons. The van der Waals surface area contributed by atoms with E-state index in [1.165, 1.54) is 11.3 Å². The van der Waals surface area contributed by atoms with Crippen molar-refractivity contribution in [1.82, 2.24) is 14.8 Å². The monoisotopic (exact) mass is 473 g/mol. The van der Waals surface area contributed by atoms with E-state index in [9.17, 15) is 9.90 Å². The summed E-state index contributed by atoms with van der Waals surface area (Å²) in [5, 5.41) is 18.9. The number of aromatic carboxylic acids is 1. The number of thiazole rings is 1. The highest BCUT2D eigenvalue weighted by atomic mass is 32.1. The molecular weight excluding hydrogens is 454 g/mol. The molecule has 0 aliphatic carbocycles. The van der Waals surface area contributed by atoms with Crippen molar-refractivity contribution in [3.05, 3.63) is 101 Å². The van der Waals surface area contributed by atoms with Crippen LogP contribution in [0.4, 0.5) is 0 Å². The number of rotatable bonds is 8. The van der Waals surface area contributed by atoms with Crippen molar-refractivity contribution >= 4 is 28.6 Å². The Bertz CT molecular complexity index is 1360. The summed E-state index contributed by atoms with van der Waals surface area (Å²) in [5.74, 6) is -0.232. The van der Waals surface area contributed by atoms with Gasteiger partial charge in [0.2, 0.25) is 0 Å². The molecule has 0 unspecified atom stereocenters. The van der Waals surface area contributed by atoms with E-state index < -0.39 is 5.97 Å². The molecule has 0 spiro atoms. The van der Waals surface area contributed by atoms with Gasteiger partial charge in [-0.15, -0.1) is 22.7 Å². The van der Waals surface area contributed by atoms with E-state index in [-0.39, 0.29) is 5.56 Å². The number of hydrogen-bond donors (Lipinski definition) is 1. The molecule has 0 bridgehead atoms. The second-order valence-electron chi connectivity index (χ2n) is 7.31. The molecule has 1 N–H and O–H groups in total. The van der Waals surface area contributed by atoms with Crippen molar-refractivity contribution in [3.8, 4) is 26.9 Å². The smallest absolute Gasteiger partial charge is 0.339 e. The molecular formula is C25H19N3O3S2. The van der Waals surface area contributed by atoms with Crippen LogP contribution in [0.2, 0.25) is 0 Å². The predicted octanol–water partition coefficient (Wildman–Crippen LogP) is 6.06. The summed E-state index contributed by atoms with van der Waals surface area (Å²) in [6, 6.07) is 21.6. The van der Waals surface area contributed by atoms with Crippen LogP contribution in [0.15, 0.2) is 83.7 Å². The quantitative estimate of drug-likeness (QED) is 0.296. The van der Waals surface area contributed by atoms with Gasteiger partial charge in [0.1, 0.15) is 28.6 Å². The van der Waals surface area contributed by atoms with E-state index in [2.05, 4.69) is 10.1 Å². The zero-order chi connectivity index (χ0) is 22.6. The minimum atomic E-state index is -0.981. The first kappa shape index (κ1) is 21.1. The molecule has 0 radical (unpaired) electrons. The standard InChI is InChI=1S/C25H19N3O3S2/c29-25(30)21-14-28(27-23(21)22-7-4-12-32-22)13-17-8-10-20(11-9-17)31-15-19-16-33-24(26-19)18-5-2-1-3-6-18/h1-12,14,16H,13,15H2,(H,29,30). The average molecular weight is 474 g/mol. The second-order valence-corrected chi connectivity index (χ2v) is 9.12. The highest BCUT2D eigenvalue weighted by molar-refractivity contribution is 7.13. The number of ether oxygens (including phenoxy) is 1. The van der Waals surface area contributed by atoms with Gasteiger partial charge in [-0.2, -0.15) is 5.10 Å². The molecule has 0 aliphatic rings. The van der Waals surface area contributed by atoms with Crippen LogP contribution in [0.3, 0.4) is 0 Å². The molecule has 0 saturated carbocycles. The van der Waals surface area contributed by atoms with E-state index in [4.69, 9.17) is 4.74 Å². The summed E-state index contributed by atoms with van der Waals surface area (Å²) in [7, 11) is 0. The van der Waals surface area contributed by atoms with Crippen LogP contribution in [0, 0.1) is 0 Å². The van der Waals surface area contributed by atoms with Crippen LogP contribution in [0.25, 0.3) is 21.1 Å². The maximum Gasteiger partial charge on any atom is 0.339 e. The minimum Gasteiger partial charge on any atom is -0.487 e. The molecule has 0 amide bonds. The Morgan fingerprint density at radius 2 is 1.82 bits per heavy atom. The number of carboxylic acid groups (broad SMARTS) is 1. The van der Waals surface area contributed by atoms with Crippen LogP contribution in [0.1, 0.15) is 21.6 Å². The molecule has 8 heteroatoms. The molecule has 0 atom stereocenters. The predicted molar refractivity (Wildman–Crippen MR) is 130 cm³/mol. The van der Waals surface area contributed by atoms with Crippen LogP contribution < -0.4 is 4.74 Å². The average Bonchev–Trinajstić information content (AvgIpc) is 3.60. The Hall–Kier alpha value is -3.75. The van der Waals surface area contributed by atoms with Crippen LogP contribution >= 0.6 is 22.7 Å². The normalized spacial score (nSPS) is 10.9. The van der Waals surface area contributed by atoms with E-state index in [1.807, 2.05) is 77.5 Å². The summed E-state index contributed by atoms with van der Waals surface area (Å²) in [5.41, 5.74) is 3.69. The zero-order valence-electron chi connectivity index (χ0n) is 17.4. The second kappa shape index (κ2) is 9.40. The summed E-state index contributed by atoms with van der Waals surface area (Å²) in [6.07, 6.45) is 1.58. The number of aromatic nitrogens is 3. The van der Waals surface area contributed by atoms with Gasteiger partial charge < -0.3 is 9.84 Å². The largest absolute Gasteiger partial charge is 0.487 e. The maximum absolute atomic E-state index is 11.6. The van der Waals surface area contributed by atoms with Crippen molar-refractivity contribution in [3.63, 3.8) is 0 Å².